The number of pyridine rings is 1. The fourth-order valence-corrected chi connectivity index (χ4v) is 2.22. The van der Waals surface area contributed by atoms with Gasteiger partial charge in [0.05, 0.1) is 6.61 Å². The first-order valence-corrected chi connectivity index (χ1v) is 7.08. The summed E-state index contributed by atoms with van der Waals surface area (Å²) in [7, 11) is 0. The third-order valence-corrected chi connectivity index (χ3v) is 3.20. The van der Waals surface area contributed by atoms with E-state index in [1.807, 2.05) is 37.3 Å². The lowest BCUT2D eigenvalue weighted by Crippen LogP contribution is -2.18. The molecule has 106 valence electrons. The molecule has 0 amide bonds. The molecule has 1 heterocycles. The standard InChI is InChI=1S/C16H19ClN2O/c1-12(18)10-14-11-15(17)2-3-16(14)20-9-6-13-4-7-19-8-5-13/h2-5,7-8,11-12H,6,9-10,18H2,1H3. The molecule has 0 spiro atoms. The first kappa shape index (κ1) is 14.8. The van der Waals surface area contributed by atoms with Gasteiger partial charge in [-0.3, -0.25) is 4.98 Å². The Hall–Kier alpha value is -1.58. The smallest absolute Gasteiger partial charge is 0.122 e. The summed E-state index contributed by atoms with van der Waals surface area (Å²) in [6.45, 7) is 2.60. The van der Waals surface area contributed by atoms with Crippen molar-refractivity contribution in [3.8, 4) is 5.75 Å². The molecule has 0 saturated heterocycles. The van der Waals surface area contributed by atoms with Crippen LogP contribution in [0, 0.1) is 0 Å². The summed E-state index contributed by atoms with van der Waals surface area (Å²) < 4.78 is 5.86. The highest BCUT2D eigenvalue weighted by Crippen LogP contribution is 2.24. The normalized spacial score (nSPS) is 12.2. The molecule has 1 aromatic heterocycles. The van der Waals surface area contributed by atoms with E-state index in [1.54, 1.807) is 12.4 Å². The van der Waals surface area contributed by atoms with Crippen molar-refractivity contribution in [1.29, 1.82) is 0 Å². The number of nitrogens with two attached hydrogens (primary N) is 1. The van der Waals surface area contributed by atoms with Crippen LogP contribution >= 0.6 is 11.6 Å². The number of hydrogen-bond acceptors (Lipinski definition) is 3. The zero-order valence-corrected chi connectivity index (χ0v) is 12.3. The molecule has 0 radical (unpaired) electrons. The van der Waals surface area contributed by atoms with Crippen molar-refractivity contribution in [3.63, 3.8) is 0 Å². The highest BCUT2D eigenvalue weighted by Gasteiger charge is 2.07. The Labute approximate surface area is 124 Å². The molecule has 20 heavy (non-hydrogen) atoms. The maximum atomic E-state index is 6.03. The minimum Gasteiger partial charge on any atom is -0.493 e. The van der Waals surface area contributed by atoms with Crippen LogP contribution in [0.3, 0.4) is 0 Å². The van der Waals surface area contributed by atoms with Crippen molar-refractivity contribution in [3.05, 3.63) is 58.9 Å². The van der Waals surface area contributed by atoms with Gasteiger partial charge in [-0.05, 0) is 54.8 Å². The predicted octanol–water partition coefficient (Wildman–Crippen LogP) is 3.25. The van der Waals surface area contributed by atoms with Gasteiger partial charge in [0.2, 0.25) is 0 Å². The van der Waals surface area contributed by atoms with E-state index in [-0.39, 0.29) is 6.04 Å². The number of aromatic nitrogens is 1. The molecule has 2 rings (SSSR count). The molecule has 2 aromatic rings. The molecule has 0 aliphatic heterocycles. The molecule has 0 saturated carbocycles. The van der Waals surface area contributed by atoms with Crippen LogP contribution in [0.4, 0.5) is 0 Å². The number of ether oxygens (including phenoxy) is 1. The summed E-state index contributed by atoms with van der Waals surface area (Å²) in [6.07, 6.45) is 5.19. The van der Waals surface area contributed by atoms with Gasteiger partial charge >= 0.3 is 0 Å². The molecule has 0 aliphatic rings. The lowest BCUT2D eigenvalue weighted by Gasteiger charge is -2.13. The summed E-state index contributed by atoms with van der Waals surface area (Å²) in [6, 6.07) is 9.74. The van der Waals surface area contributed by atoms with E-state index in [0.29, 0.717) is 11.6 Å². The SMILES string of the molecule is CC(N)Cc1cc(Cl)ccc1OCCc1ccncc1. The van der Waals surface area contributed by atoms with Crippen molar-refractivity contribution >= 4 is 11.6 Å². The zero-order valence-electron chi connectivity index (χ0n) is 11.6. The van der Waals surface area contributed by atoms with Crippen LogP contribution in [0.15, 0.2) is 42.7 Å². The fraction of sp³-hybridized carbons (Fsp3) is 0.312. The molecule has 0 fully saturated rings. The predicted molar refractivity (Wildman–Crippen MR) is 82.2 cm³/mol. The Morgan fingerprint density at radius 2 is 2.00 bits per heavy atom. The second kappa shape index (κ2) is 7.27. The summed E-state index contributed by atoms with van der Waals surface area (Å²) in [4.78, 5) is 4.00. The van der Waals surface area contributed by atoms with E-state index in [0.717, 1.165) is 24.2 Å². The first-order chi connectivity index (χ1) is 9.65. The van der Waals surface area contributed by atoms with Crippen LogP contribution in [0.2, 0.25) is 5.02 Å². The van der Waals surface area contributed by atoms with Crippen molar-refractivity contribution < 1.29 is 4.74 Å². The summed E-state index contributed by atoms with van der Waals surface area (Å²) in [5, 5.41) is 0.710. The number of hydrogen-bond donors (Lipinski definition) is 1. The summed E-state index contributed by atoms with van der Waals surface area (Å²) >= 11 is 6.03. The van der Waals surface area contributed by atoms with E-state index in [4.69, 9.17) is 22.1 Å². The Morgan fingerprint density at radius 1 is 1.25 bits per heavy atom. The van der Waals surface area contributed by atoms with Crippen molar-refractivity contribution in [2.45, 2.75) is 25.8 Å². The Balaban J connectivity index is 1.98. The molecule has 4 heteroatoms. The van der Waals surface area contributed by atoms with Gasteiger partial charge in [0, 0.05) is 29.9 Å². The first-order valence-electron chi connectivity index (χ1n) is 6.71. The van der Waals surface area contributed by atoms with Crippen LogP contribution in [0.25, 0.3) is 0 Å². The van der Waals surface area contributed by atoms with E-state index in [2.05, 4.69) is 4.98 Å². The molecular formula is C16H19ClN2O. The molecule has 0 aliphatic carbocycles. The third kappa shape index (κ3) is 4.51. The van der Waals surface area contributed by atoms with Gasteiger partial charge in [-0.1, -0.05) is 11.6 Å². The maximum Gasteiger partial charge on any atom is 0.122 e. The van der Waals surface area contributed by atoms with Crippen LogP contribution in [0.5, 0.6) is 5.75 Å². The van der Waals surface area contributed by atoms with Crippen LogP contribution < -0.4 is 10.5 Å². The summed E-state index contributed by atoms with van der Waals surface area (Å²) in [5.74, 6) is 0.862. The quantitative estimate of drug-likeness (QED) is 0.888. The van der Waals surface area contributed by atoms with E-state index >= 15 is 0 Å². The minimum absolute atomic E-state index is 0.0796. The molecule has 0 bridgehead atoms. The average molecular weight is 291 g/mol. The fourth-order valence-electron chi connectivity index (χ4n) is 2.02. The van der Waals surface area contributed by atoms with E-state index in [1.165, 1.54) is 5.56 Å². The van der Waals surface area contributed by atoms with Gasteiger partial charge in [0.25, 0.3) is 0 Å². The van der Waals surface area contributed by atoms with Crippen LogP contribution in [-0.4, -0.2) is 17.6 Å². The highest BCUT2D eigenvalue weighted by molar-refractivity contribution is 6.30. The van der Waals surface area contributed by atoms with Crippen molar-refractivity contribution in [2.75, 3.05) is 6.61 Å². The molecule has 1 atom stereocenters. The second-order valence-electron chi connectivity index (χ2n) is 4.89. The zero-order chi connectivity index (χ0) is 14.4. The number of benzene rings is 1. The maximum absolute atomic E-state index is 6.03. The topological polar surface area (TPSA) is 48.1 Å². The van der Waals surface area contributed by atoms with Gasteiger partial charge < -0.3 is 10.5 Å². The highest BCUT2D eigenvalue weighted by atomic mass is 35.5. The van der Waals surface area contributed by atoms with Crippen molar-refractivity contribution in [2.24, 2.45) is 5.73 Å². The van der Waals surface area contributed by atoms with E-state index in [9.17, 15) is 0 Å². The molecule has 2 N–H and O–H groups in total. The lowest BCUT2D eigenvalue weighted by atomic mass is 10.1. The van der Waals surface area contributed by atoms with Gasteiger partial charge in [-0.2, -0.15) is 0 Å². The average Bonchev–Trinajstić information content (AvgIpc) is 2.42. The monoisotopic (exact) mass is 290 g/mol. The van der Waals surface area contributed by atoms with Gasteiger partial charge in [0.15, 0.2) is 0 Å². The van der Waals surface area contributed by atoms with Gasteiger partial charge in [-0.25, -0.2) is 0 Å². The third-order valence-electron chi connectivity index (χ3n) is 2.96. The van der Waals surface area contributed by atoms with Gasteiger partial charge in [-0.15, -0.1) is 0 Å². The van der Waals surface area contributed by atoms with Crippen molar-refractivity contribution in [1.82, 2.24) is 4.98 Å². The van der Waals surface area contributed by atoms with Crippen LogP contribution in [0.1, 0.15) is 18.1 Å². The Kier molecular flexibility index (Phi) is 5.39. The molecule has 1 aromatic carbocycles. The lowest BCUT2D eigenvalue weighted by molar-refractivity contribution is 0.318. The Bertz CT molecular complexity index is 543. The minimum atomic E-state index is 0.0796. The van der Waals surface area contributed by atoms with Gasteiger partial charge in [0.1, 0.15) is 5.75 Å². The number of rotatable bonds is 6. The number of nitrogens with zero attached hydrogens (tertiary/aromatic N) is 1. The molecule has 3 nitrogen and oxygen atoms in total. The van der Waals surface area contributed by atoms with E-state index < -0.39 is 0 Å². The summed E-state index contributed by atoms with van der Waals surface area (Å²) in [5.41, 5.74) is 8.13. The number of halogens is 1. The molecular weight excluding hydrogens is 272 g/mol. The molecule has 1 unspecified atom stereocenters. The largest absolute Gasteiger partial charge is 0.493 e. The second-order valence-corrected chi connectivity index (χ2v) is 5.32. The Morgan fingerprint density at radius 3 is 2.70 bits per heavy atom. The van der Waals surface area contributed by atoms with Crippen LogP contribution in [-0.2, 0) is 12.8 Å².